The Morgan fingerprint density at radius 1 is 0.733 bits per heavy atom. The second-order valence-corrected chi connectivity index (χ2v) is 3.36. The van der Waals surface area contributed by atoms with Crippen molar-refractivity contribution in [3.05, 3.63) is 54.6 Å². The van der Waals surface area contributed by atoms with Crippen LogP contribution in [-0.4, -0.2) is 0 Å². The second kappa shape index (κ2) is 6.31. The second-order valence-electron chi connectivity index (χ2n) is 2.88. The summed E-state index contributed by atoms with van der Waals surface area (Å²) in [6, 6.07) is 18.4. The smallest absolute Gasteiger partial charge is 0.0119 e. The van der Waals surface area contributed by atoms with Crippen LogP contribution in [0, 0.1) is 0 Å². The fourth-order valence-electron chi connectivity index (χ4n) is 1.34. The number of thiol groups is 1. The third-order valence-electron chi connectivity index (χ3n) is 1.99. The largest absolute Gasteiger partial charge is 0.143 e. The van der Waals surface area contributed by atoms with E-state index in [1.54, 1.807) is 0 Å². The van der Waals surface area contributed by atoms with E-state index in [0.717, 1.165) is 4.90 Å². The Kier molecular flexibility index (Phi) is 4.99. The van der Waals surface area contributed by atoms with Gasteiger partial charge in [0.05, 0.1) is 0 Å². The molecule has 0 atom stereocenters. The molecular weight excluding hydrogens is 200 g/mol. The lowest BCUT2D eigenvalue weighted by Crippen LogP contribution is -1.77. The highest BCUT2D eigenvalue weighted by atomic mass is 32.1. The summed E-state index contributed by atoms with van der Waals surface area (Å²) in [5.41, 5.74) is 2.40. The Hall–Kier alpha value is -1.21. The molecule has 0 aliphatic carbocycles. The molecule has 0 heterocycles. The van der Waals surface area contributed by atoms with Crippen LogP contribution in [0.25, 0.3) is 11.1 Å². The molecule has 0 radical (unpaired) electrons. The lowest BCUT2D eigenvalue weighted by Gasteiger charge is -2.03. The van der Waals surface area contributed by atoms with E-state index < -0.39 is 0 Å². The van der Waals surface area contributed by atoms with Crippen LogP contribution in [0.3, 0.4) is 0 Å². The molecule has 0 N–H and O–H groups in total. The van der Waals surface area contributed by atoms with Crippen LogP contribution in [0.1, 0.15) is 13.8 Å². The normalized spacial score (nSPS) is 9.00. The van der Waals surface area contributed by atoms with Gasteiger partial charge in [0, 0.05) is 4.90 Å². The number of benzene rings is 2. The molecule has 0 nitrogen and oxygen atoms in total. The molecule has 0 fully saturated rings. The van der Waals surface area contributed by atoms with Crippen molar-refractivity contribution >= 4 is 12.6 Å². The van der Waals surface area contributed by atoms with E-state index in [1.165, 1.54) is 11.1 Å². The molecule has 0 aromatic heterocycles. The molecule has 0 unspecified atom stereocenters. The Labute approximate surface area is 97.4 Å². The maximum Gasteiger partial charge on any atom is 0.0119 e. The molecule has 2 rings (SSSR count). The topological polar surface area (TPSA) is 0 Å². The summed E-state index contributed by atoms with van der Waals surface area (Å²) in [6.45, 7) is 4.00. The van der Waals surface area contributed by atoms with Crippen molar-refractivity contribution in [3.63, 3.8) is 0 Å². The van der Waals surface area contributed by atoms with Crippen molar-refractivity contribution < 1.29 is 0 Å². The van der Waals surface area contributed by atoms with Gasteiger partial charge in [-0.05, 0) is 17.2 Å². The quantitative estimate of drug-likeness (QED) is 0.658. The average Bonchev–Trinajstić information content (AvgIpc) is 2.33. The molecule has 0 saturated heterocycles. The molecule has 0 bridgehead atoms. The van der Waals surface area contributed by atoms with Gasteiger partial charge in [0.15, 0.2) is 0 Å². The number of hydrogen-bond acceptors (Lipinski definition) is 1. The lowest BCUT2D eigenvalue weighted by molar-refractivity contribution is 1.46. The Morgan fingerprint density at radius 2 is 1.27 bits per heavy atom. The van der Waals surface area contributed by atoms with Gasteiger partial charge in [-0.3, -0.25) is 0 Å². The van der Waals surface area contributed by atoms with Gasteiger partial charge in [-0.15, -0.1) is 12.6 Å². The fraction of sp³-hybridized carbons (Fsp3) is 0.143. The minimum atomic E-state index is 1.02. The average molecular weight is 216 g/mol. The SMILES string of the molecule is CC.Sc1ccccc1-c1ccccc1. The first-order chi connectivity index (χ1) is 7.38. The van der Waals surface area contributed by atoms with Crippen molar-refractivity contribution in [2.45, 2.75) is 18.7 Å². The van der Waals surface area contributed by atoms with Crippen molar-refractivity contribution in [1.82, 2.24) is 0 Å². The zero-order chi connectivity index (χ0) is 11.1. The van der Waals surface area contributed by atoms with Gasteiger partial charge in [-0.1, -0.05) is 62.4 Å². The molecule has 0 spiro atoms. The van der Waals surface area contributed by atoms with Gasteiger partial charge < -0.3 is 0 Å². The zero-order valence-electron chi connectivity index (χ0n) is 9.14. The van der Waals surface area contributed by atoms with Crippen LogP contribution >= 0.6 is 12.6 Å². The van der Waals surface area contributed by atoms with Gasteiger partial charge in [0.1, 0.15) is 0 Å². The number of hydrogen-bond donors (Lipinski definition) is 1. The zero-order valence-corrected chi connectivity index (χ0v) is 10.0. The molecule has 0 aliphatic rings. The van der Waals surface area contributed by atoms with Crippen molar-refractivity contribution in [1.29, 1.82) is 0 Å². The van der Waals surface area contributed by atoms with Crippen molar-refractivity contribution in [2.24, 2.45) is 0 Å². The molecular formula is C14H16S. The molecule has 1 heteroatoms. The summed E-state index contributed by atoms with van der Waals surface area (Å²) >= 11 is 4.41. The minimum absolute atomic E-state index is 1.02. The molecule has 2 aromatic rings. The van der Waals surface area contributed by atoms with E-state index in [9.17, 15) is 0 Å². The van der Waals surface area contributed by atoms with Crippen LogP contribution in [0.15, 0.2) is 59.5 Å². The van der Waals surface area contributed by atoms with Gasteiger partial charge in [-0.2, -0.15) is 0 Å². The minimum Gasteiger partial charge on any atom is -0.143 e. The third-order valence-corrected chi connectivity index (χ3v) is 2.38. The predicted molar refractivity (Wildman–Crippen MR) is 70.5 cm³/mol. The summed E-state index contributed by atoms with van der Waals surface area (Å²) in [7, 11) is 0. The molecule has 2 aromatic carbocycles. The fourth-order valence-corrected chi connectivity index (χ4v) is 1.63. The highest BCUT2D eigenvalue weighted by Crippen LogP contribution is 2.25. The molecule has 0 amide bonds. The van der Waals surface area contributed by atoms with Gasteiger partial charge in [0.25, 0.3) is 0 Å². The van der Waals surface area contributed by atoms with Gasteiger partial charge in [0.2, 0.25) is 0 Å². The Morgan fingerprint density at radius 3 is 1.87 bits per heavy atom. The van der Waals surface area contributed by atoms with E-state index in [4.69, 9.17) is 0 Å². The summed E-state index contributed by atoms with van der Waals surface area (Å²) in [5.74, 6) is 0. The lowest BCUT2D eigenvalue weighted by atomic mass is 10.1. The summed E-state index contributed by atoms with van der Waals surface area (Å²) < 4.78 is 0. The first kappa shape index (κ1) is 11.9. The summed E-state index contributed by atoms with van der Waals surface area (Å²) in [5, 5.41) is 0. The molecule has 0 saturated carbocycles. The van der Waals surface area contributed by atoms with Crippen LogP contribution in [0.4, 0.5) is 0 Å². The van der Waals surface area contributed by atoms with E-state index in [2.05, 4.69) is 30.8 Å². The highest BCUT2D eigenvalue weighted by molar-refractivity contribution is 7.80. The van der Waals surface area contributed by atoms with Gasteiger partial charge in [-0.25, -0.2) is 0 Å². The maximum absolute atomic E-state index is 4.41. The predicted octanol–water partition coefficient (Wildman–Crippen LogP) is 4.67. The molecule has 15 heavy (non-hydrogen) atoms. The first-order valence-corrected chi connectivity index (χ1v) is 5.66. The van der Waals surface area contributed by atoms with E-state index >= 15 is 0 Å². The standard InChI is InChI=1S/C12H10S.C2H6/c13-12-9-5-4-8-11(12)10-6-2-1-3-7-10;1-2/h1-9,13H;1-2H3. The van der Waals surface area contributed by atoms with Crippen LogP contribution in [0.2, 0.25) is 0 Å². The number of rotatable bonds is 1. The Bertz CT molecular complexity index is 393. The first-order valence-electron chi connectivity index (χ1n) is 5.21. The maximum atomic E-state index is 4.41. The molecule has 78 valence electrons. The van der Waals surface area contributed by atoms with E-state index in [-0.39, 0.29) is 0 Å². The van der Waals surface area contributed by atoms with Crippen LogP contribution in [-0.2, 0) is 0 Å². The van der Waals surface area contributed by atoms with Crippen LogP contribution < -0.4 is 0 Å². The van der Waals surface area contributed by atoms with Gasteiger partial charge >= 0.3 is 0 Å². The van der Waals surface area contributed by atoms with Crippen LogP contribution in [0.5, 0.6) is 0 Å². The van der Waals surface area contributed by atoms with Crippen molar-refractivity contribution in [3.8, 4) is 11.1 Å². The Balaban J connectivity index is 0.000000531. The van der Waals surface area contributed by atoms with Crippen molar-refractivity contribution in [2.75, 3.05) is 0 Å². The van der Waals surface area contributed by atoms with E-state index in [1.807, 2.05) is 50.2 Å². The van der Waals surface area contributed by atoms with E-state index in [0.29, 0.717) is 0 Å². The molecule has 0 aliphatic heterocycles. The highest BCUT2D eigenvalue weighted by Gasteiger charge is 1.98. The summed E-state index contributed by atoms with van der Waals surface area (Å²) in [6.07, 6.45) is 0. The summed E-state index contributed by atoms with van der Waals surface area (Å²) in [4.78, 5) is 1.02. The third kappa shape index (κ3) is 3.14. The monoisotopic (exact) mass is 216 g/mol.